The van der Waals surface area contributed by atoms with Gasteiger partial charge in [-0.25, -0.2) is 18.7 Å². The van der Waals surface area contributed by atoms with Gasteiger partial charge < -0.3 is 10.1 Å². The zero-order chi connectivity index (χ0) is 22.5. The molecule has 3 amide bonds. The molecule has 8 nitrogen and oxygen atoms in total. The highest BCUT2D eigenvalue weighted by atomic mass is 19.1. The predicted octanol–water partition coefficient (Wildman–Crippen LogP) is 3.19. The quantitative estimate of drug-likeness (QED) is 0.710. The summed E-state index contributed by atoms with van der Waals surface area (Å²) >= 11 is 0. The lowest BCUT2D eigenvalue weighted by molar-refractivity contribution is -0.123. The van der Waals surface area contributed by atoms with Gasteiger partial charge in [-0.3, -0.25) is 10.1 Å². The lowest BCUT2D eigenvalue weighted by atomic mass is 9.86. The van der Waals surface area contributed by atoms with Crippen LogP contribution in [0.2, 0.25) is 0 Å². The van der Waals surface area contributed by atoms with Gasteiger partial charge in [0.1, 0.15) is 11.4 Å². The molecule has 2 atom stereocenters. The summed E-state index contributed by atoms with van der Waals surface area (Å²) in [7, 11) is 0. The summed E-state index contributed by atoms with van der Waals surface area (Å²) in [5.41, 5.74) is 1.72. The number of imide groups is 1. The largest absolute Gasteiger partial charge is 0.452 e. The Morgan fingerprint density at radius 3 is 2.52 bits per heavy atom. The molecule has 1 aromatic heterocycles. The standard InChI is InChI=1S/C22H27FN4O4/c1-13-6-4-5-7-18(13)24-22(30)25-19(28)12-31-21(29)20-14(2)26-27(15(20)3)17-10-8-16(23)9-11-17/h8-11,13,18H,4-7,12H2,1-3H3,(H2,24,25,28,30). The highest BCUT2D eigenvalue weighted by Crippen LogP contribution is 2.23. The number of nitrogens with zero attached hydrogens (tertiary/aromatic N) is 2. The Labute approximate surface area is 180 Å². The van der Waals surface area contributed by atoms with Crippen molar-refractivity contribution in [2.24, 2.45) is 5.92 Å². The van der Waals surface area contributed by atoms with Crippen LogP contribution in [0.5, 0.6) is 0 Å². The Morgan fingerprint density at radius 1 is 1.16 bits per heavy atom. The molecule has 2 aromatic rings. The third-order valence-electron chi connectivity index (χ3n) is 5.58. The first-order valence-electron chi connectivity index (χ1n) is 10.4. The number of carbonyl (C=O) groups excluding carboxylic acids is 3. The monoisotopic (exact) mass is 430 g/mol. The molecule has 1 aromatic carbocycles. The molecular formula is C22H27FN4O4. The van der Waals surface area contributed by atoms with Crippen molar-refractivity contribution in [2.75, 3.05) is 6.61 Å². The van der Waals surface area contributed by atoms with E-state index < -0.39 is 24.5 Å². The number of nitrogens with one attached hydrogen (secondary N) is 2. The zero-order valence-corrected chi connectivity index (χ0v) is 17.9. The Kier molecular flexibility index (Phi) is 7.04. The van der Waals surface area contributed by atoms with Crippen molar-refractivity contribution < 1.29 is 23.5 Å². The van der Waals surface area contributed by atoms with Crippen LogP contribution in [0.15, 0.2) is 24.3 Å². The minimum absolute atomic E-state index is 0.0340. The average molecular weight is 430 g/mol. The number of urea groups is 1. The molecule has 1 aliphatic rings. The van der Waals surface area contributed by atoms with Gasteiger partial charge in [0.15, 0.2) is 6.61 Å². The summed E-state index contributed by atoms with van der Waals surface area (Å²) in [5.74, 6) is -1.45. The summed E-state index contributed by atoms with van der Waals surface area (Å²) in [6.45, 7) is 4.80. The normalized spacial score (nSPS) is 18.3. The smallest absolute Gasteiger partial charge is 0.342 e. The van der Waals surface area contributed by atoms with Gasteiger partial charge in [-0.1, -0.05) is 19.8 Å². The van der Waals surface area contributed by atoms with Crippen LogP contribution >= 0.6 is 0 Å². The fourth-order valence-corrected chi connectivity index (χ4v) is 3.87. The van der Waals surface area contributed by atoms with Crippen LogP contribution in [-0.2, 0) is 9.53 Å². The average Bonchev–Trinajstić information content (AvgIpc) is 3.02. The van der Waals surface area contributed by atoms with E-state index in [4.69, 9.17) is 4.74 Å². The number of esters is 1. The number of ether oxygens (including phenoxy) is 1. The lowest BCUT2D eigenvalue weighted by Crippen LogP contribution is -2.48. The van der Waals surface area contributed by atoms with Crippen molar-refractivity contribution in [2.45, 2.75) is 52.5 Å². The lowest BCUT2D eigenvalue weighted by Gasteiger charge is -2.29. The molecule has 2 N–H and O–H groups in total. The molecule has 2 unspecified atom stereocenters. The first-order chi connectivity index (χ1) is 14.8. The molecule has 3 rings (SSSR count). The summed E-state index contributed by atoms with van der Waals surface area (Å²) < 4.78 is 19.8. The predicted molar refractivity (Wildman–Crippen MR) is 111 cm³/mol. The molecule has 1 saturated carbocycles. The number of hydrogen-bond acceptors (Lipinski definition) is 5. The van der Waals surface area contributed by atoms with E-state index in [-0.39, 0.29) is 17.4 Å². The Hall–Kier alpha value is -3.23. The molecule has 166 valence electrons. The van der Waals surface area contributed by atoms with Gasteiger partial charge in [-0.15, -0.1) is 0 Å². The fourth-order valence-electron chi connectivity index (χ4n) is 3.87. The van der Waals surface area contributed by atoms with Crippen molar-refractivity contribution >= 4 is 17.9 Å². The van der Waals surface area contributed by atoms with Gasteiger partial charge in [-0.2, -0.15) is 5.10 Å². The van der Waals surface area contributed by atoms with E-state index in [1.165, 1.54) is 16.8 Å². The highest BCUT2D eigenvalue weighted by Gasteiger charge is 2.24. The number of rotatable bonds is 5. The number of aryl methyl sites for hydroxylation is 1. The third kappa shape index (κ3) is 5.48. The van der Waals surface area contributed by atoms with Gasteiger partial charge >= 0.3 is 12.0 Å². The van der Waals surface area contributed by atoms with Crippen LogP contribution < -0.4 is 10.6 Å². The minimum atomic E-state index is -0.722. The molecule has 1 heterocycles. The summed E-state index contributed by atoms with van der Waals surface area (Å²) in [6, 6.07) is 5.13. The Morgan fingerprint density at radius 2 is 1.84 bits per heavy atom. The van der Waals surface area contributed by atoms with Crippen LogP contribution in [0.25, 0.3) is 5.69 Å². The number of halogens is 1. The third-order valence-corrected chi connectivity index (χ3v) is 5.58. The van der Waals surface area contributed by atoms with Gasteiger partial charge in [0.25, 0.3) is 5.91 Å². The zero-order valence-electron chi connectivity index (χ0n) is 17.9. The van der Waals surface area contributed by atoms with Crippen LogP contribution in [0.3, 0.4) is 0 Å². The Bertz CT molecular complexity index is 971. The van der Waals surface area contributed by atoms with Crippen LogP contribution in [-0.4, -0.2) is 40.3 Å². The van der Waals surface area contributed by atoms with Gasteiger partial charge in [0, 0.05) is 6.04 Å². The maximum absolute atomic E-state index is 13.2. The summed E-state index contributed by atoms with van der Waals surface area (Å²) in [5, 5.41) is 9.32. The van der Waals surface area contributed by atoms with Crippen LogP contribution in [0.1, 0.15) is 54.4 Å². The van der Waals surface area contributed by atoms with E-state index in [1.807, 2.05) is 0 Å². The van der Waals surface area contributed by atoms with Crippen LogP contribution in [0, 0.1) is 25.6 Å². The molecule has 0 bridgehead atoms. The summed E-state index contributed by atoms with van der Waals surface area (Å²) in [4.78, 5) is 36.6. The van der Waals surface area contributed by atoms with E-state index in [0.717, 1.165) is 25.7 Å². The van der Waals surface area contributed by atoms with Crippen molar-refractivity contribution in [1.82, 2.24) is 20.4 Å². The second-order valence-corrected chi connectivity index (χ2v) is 7.90. The molecule has 0 saturated heterocycles. The molecule has 9 heteroatoms. The van der Waals surface area contributed by atoms with E-state index in [0.29, 0.717) is 23.0 Å². The van der Waals surface area contributed by atoms with Crippen LogP contribution in [0.4, 0.5) is 9.18 Å². The molecule has 0 aliphatic heterocycles. The second kappa shape index (κ2) is 9.72. The minimum Gasteiger partial charge on any atom is -0.452 e. The van der Waals surface area contributed by atoms with Crippen molar-refractivity contribution in [3.05, 3.63) is 47.0 Å². The Balaban J connectivity index is 1.56. The molecule has 1 fully saturated rings. The molecule has 31 heavy (non-hydrogen) atoms. The summed E-state index contributed by atoms with van der Waals surface area (Å²) in [6.07, 6.45) is 4.12. The molecule has 1 aliphatic carbocycles. The first kappa shape index (κ1) is 22.5. The van der Waals surface area contributed by atoms with E-state index >= 15 is 0 Å². The van der Waals surface area contributed by atoms with Crippen molar-refractivity contribution in [3.8, 4) is 5.69 Å². The van der Waals surface area contributed by atoms with Gasteiger partial charge in [0.2, 0.25) is 0 Å². The molecule has 0 spiro atoms. The number of benzene rings is 1. The first-order valence-corrected chi connectivity index (χ1v) is 10.4. The van der Waals surface area contributed by atoms with Gasteiger partial charge in [0.05, 0.1) is 17.1 Å². The van der Waals surface area contributed by atoms with Gasteiger partial charge in [-0.05, 0) is 56.9 Å². The SMILES string of the molecule is Cc1nn(-c2ccc(F)cc2)c(C)c1C(=O)OCC(=O)NC(=O)NC1CCCCC1C. The number of aromatic nitrogens is 2. The van der Waals surface area contributed by atoms with E-state index in [2.05, 4.69) is 22.7 Å². The number of amides is 3. The number of carbonyl (C=O) groups is 3. The number of hydrogen-bond donors (Lipinski definition) is 2. The molecule has 0 radical (unpaired) electrons. The second-order valence-electron chi connectivity index (χ2n) is 7.90. The maximum Gasteiger partial charge on any atom is 0.342 e. The van der Waals surface area contributed by atoms with E-state index in [1.54, 1.807) is 26.0 Å². The van der Waals surface area contributed by atoms with Crippen molar-refractivity contribution in [1.29, 1.82) is 0 Å². The topological polar surface area (TPSA) is 102 Å². The van der Waals surface area contributed by atoms with Crippen molar-refractivity contribution in [3.63, 3.8) is 0 Å². The van der Waals surface area contributed by atoms with E-state index in [9.17, 15) is 18.8 Å². The maximum atomic E-state index is 13.2. The fraction of sp³-hybridized carbons (Fsp3) is 0.455. The molecular weight excluding hydrogens is 403 g/mol. The highest BCUT2D eigenvalue weighted by molar-refractivity contribution is 5.97.